The molecule has 0 unspecified atom stereocenters. The third kappa shape index (κ3) is 4.59. The van der Waals surface area contributed by atoms with Gasteiger partial charge in [0.25, 0.3) is 5.91 Å². The Kier molecular flexibility index (Phi) is 5.60. The fourth-order valence-electron chi connectivity index (χ4n) is 1.21. The number of rotatable bonds is 5. The average molecular weight is 318 g/mol. The second-order valence-electron chi connectivity index (χ2n) is 3.34. The van der Waals surface area contributed by atoms with Crippen molar-refractivity contribution in [3.8, 4) is 0 Å². The summed E-state index contributed by atoms with van der Waals surface area (Å²) in [6.45, 7) is 2.63. The summed E-state index contributed by atoms with van der Waals surface area (Å²) in [5.74, 6) is -0.00559. The van der Waals surface area contributed by atoms with Crippen molar-refractivity contribution in [2.75, 3.05) is 11.0 Å². The lowest BCUT2D eigenvalue weighted by atomic mass is 10.2. The van der Waals surface area contributed by atoms with Gasteiger partial charge in [-0.1, -0.05) is 22.6 Å². The van der Waals surface area contributed by atoms with Crippen LogP contribution in [0, 0.1) is 6.92 Å². The minimum Gasteiger partial charge on any atom is -0.352 e. The number of aromatic nitrogens is 1. The van der Waals surface area contributed by atoms with Gasteiger partial charge in [-0.05, 0) is 36.3 Å². The summed E-state index contributed by atoms with van der Waals surface area (Å²) < 4.78 is 1.14. The molecule has 4 heteroatoms. The van der Waals surface area contributed by atoms with Crippen molar-refractivity contribution >= 4 is 28.5 Å². The topological polar surface area (TPSA) is 42.0 Å². The van der Waals surface area contributed by atoms with Crippen LogP contribution in [-0.4, -0.2) is 21.9 Å². The van der Waals surface area contributed by atoms with E-state index < -0.39 is 0 Å². The lowest BCUT2D eigenvalue weighted by molar-refractivity contribution is 0.0953. The average Bonchev–Trinajstić information content (AvgIpc) is 2.24. The highest BCUT2D eigenvalue weighted by atomic mass is 127. The fraction of sp³-hybridized carbons (Fsp3) is 0.455. The fourth-order valence-corrected chi connectivity index (χ4v) is 1.75. The largest absolute Gasteiger partial charge is 0.352 e. The summed E-state index contributed by atoms with van der Waals surface area (Å²) in [5.41, 5.74) is 1.56. The summed E-state index contributed by atoms with van der Waals surface area (Å²) in [5, 5.41) is 2.89. The van der Waals surface area contributed by atoms with Crippen LogP contribution in [0.2, 0.25) is 0 Å². The highest BCUT2D eigenvalue weighted by Crippen LogP contribution is 2.00. The smallest absolute Gasteiger partial charge is 0.251 e. The van der Waals surface area contributed by atoms with Gasteiger partial charge in [0, 0.05) is 24.0 Å². The molecule has 0 bridgehead atoms. The number of aryl methyl sites for hydroxylation is 1. The molecule has 1 heterocycles. The monoisotopic (exact) mass is 318 g/mol. The molecule has 0 radical (unpaired) electrons. The van der Waals surface area contributed by atoms with Crippen LogP contribution in [0.3, 0.4) is 0 Å². The lowest BCUT2D eigenvalue weighted by Crippen LogP contribution is -2.24. The Balaban J connectivity index is 2.40. The van der Waals surface area contributed by atoms with Crippen LogP contribution in [0.4, 0.5) is 0 Å². The normalized spacial score (nSPS) is 10.0. The van der Waals surface area contributed by atoms with Crippen molar-refractivity contribution in [1.29, 1.82) is 0 Å². The van der Waals surface area contributed by atoms with E-state index in [0.29, 0.717) is 5.56 Å². The van der Waals surface area contributed by atoms with Crippen molar-refractivity contribution < 1.29 is 4.79 Å². The van der Waals surface area contributed by atoms with Crippen LogP contribution in [0.1, 0.15) is 28.9 Å². The van der Waals surface area contributed by atoms with E-state index in [1.807, 2.05) is 6.92 Å². The van der Waals surface area contributed by atoms with Crippen molar-refractivity contribution in [3.63, 3.8) is 0 Å². The minimum absolute atomic E-state index is 0.00559. The molecule has 3 nitrogen and oxygen atoms in total. The van der Waals surface area contributed by atoms with Gasteiger partial charge < -0.3 is 5.32 Å². The van der Waals surface area contributed by atoms with Crippen molar-refractivity contribution in [1.82, 2.24) is 10.3 Å². The molecular weight excluding hydrogens is 303 g/mol. The highest BCUT2D eigenvalue weighted by molar-refractivity contribution is 14.1. The minimum atomic E-state index is -0.00559. The number of hydrogen-bond donors (Lipinski definition) is 1. The maximum Gasteiger partial charge on any atom is 0.251 e. The molecule has 82 valence electrons. The molecule has 1 aromatic rings. The first-order valence-corrected chi connectivity index (χ1v) is 6.53. The molecule has 0 aromatic carbocycles. The molecule has 0 aliphatic heterocycles. The number of carbonyl (C=O) groups is 1. The van der Waals surface area contributed by atoms with E-state index in [-0.39, 0.29) is 5.91 Å². The van der Waals surface area contributed by atoms with Gasteiger partial charge in [0.2, 0.25) is 0 Å². The summed E-state index contributed by atoms with van der Waals surface area (Å²) in [6.07, 6.45) is 3.85. The van der Waals surface area contributed by atoms with Crippen LogP contribution in [0.25, 0.3) is 0 Å². The van der Waals surface area contributed by atoms with E-state index in [2.05, 4.69) is 32.9 Å². The number of nitrogens with one attached hydrogen (secondary N) is 1. The Hall–Kier alpha value is -0.650. The molecule has 1 aromatic heterocycles. The zero-order chi connectivity index (χ0) is 11.1. The molecule has 0 aliphatic rings. The summed E-state index contributed by atoms with van der Waals surface area (Å²) in [7, 11) is 0. The second kappa shape index (κ2) is 6.76. The molecule has 0 fully saturated rings. The Morgan fingerprint density at radius 3 is 3.00 bits per heavy atom. The van der Waals surface area contributed by atoms with Gasteiger partial charge in [0.05, 0.1) is 0 Å². The van der Waals surface area contributed by atoms with Gasteiger partial charge >= 0.3 is 0 Å². The zero-order valence-electron chi connectivity index (χ0n) is 8.79. The number of carbonyl (C=O) groups excluding carboxylic acids is 1. The molecule has 15 heavy (non-hydrogen) atoms. The number of unbranched alkanes of at least 4 members (excludes halogenated alkanes) is 1. The third-order valence-corrected chi connectivity index (χ3v) is 2.77. The Morgan fingerprint density at radius 1 is 1.53 bits per heavy atom. The molecule has 0 aliphatic carbocycles. The predicted octanol–water partition coefficient (Wildman–Crippen LogP) is 2.34. The number of amides is 1. The predicted molar refractivity (Wildman–Crippen MR) is 69.4 cm³/mol. The number of alkyl halides is 1. The molecule has 0 atom stereocenters. The molecule has 0 saturated carbocycles. The van der Waals surface area contributed by atoms with Crippen LogP contribution in [0.5, 0.6) is 0 Å². The van der Waals surface area contributed by atoms with Gasteiger partial charge in [-0.15, -0.1) is 0 Å². The number of halogens is 1. The highest BCUT2D eigenvalue weighted by Gasteiger charge is 2.04. The number of hydrogen-bond acceptors (Lipinski definition) is 2. The molecule has 1 amide bonds. The van der Waals surface area contributed by atoms with E-state index >= 15 is 0 Å². The first-order valence-electron chi connectivity index (χ1n) is 5.01. The number of pyridine rings is 1. The van der Waals surface area contributed by atoms with Crippen LogP contribution < -0.4 is 5.32 Å². The Labute approximate surface area is 104 Å². The SMILES string of the molecule is Cc1cc(C(=O)NCCCCI)ccn1. The zero-order valence-corrected chi connectivity index (χ0v) is 11.0. The van der Waals surface area contributed by atoms with Gasteiger partial charge in [-0.3, -0.25) is 9.78 Å². The van der Waals surface area contributed by atoms with E-state index in [1.165, 1.54) is 0 Å². The Morgan fingerprint density at radius 2 is 2.33 bits per heavy atom. The quantitative estimate of drug-likeness (QED) is 0.514. The summed E-state index contributed by atoms with van der Waals surface area (Å²) in [6, 6.07) is 3.54. The standard InChI is InChI=1S/C11H15IN2O/c1-9-8-10(4-7-13-9)11(15)14-6-3-2-5-12/h4,7-8H,2-3,5-6H2,1H3,(H,14,15). The van der Waals surface area contributed by atoms with Gasteiger partial charge in [0.15, 0.2) is 0 Å². The molecule has 1 rings (SSSR count). The summed E-state index contributed by atoms with van der Waals surface area (Å²) in [4.78, 5) is 15.7. The molecule has 0 spiro atoms. The van der Waals surface area contributed by atoms with E-state index in [1.54, 1.807) is 18.3 Å². The van der Waals surface area contributed by atoms with Crippen molar-refractivity contribution in [2.24, 2.45) is 0 Å². The summed E-state index contributed by atoms with van der Waals surface area (Å²) >= 11 is 2.34. The first-order chi connectivity index (χ1) is 7.24. The van der Waals surface area contributed by atoms with E-state index in [4.69, 9.17) is 0 Å². The van der Waals surface area contributed by atoms with E-state index in [0.717, 1.165) is 29.5 Å². The van der Waals surface area contributed by atoms with Crippen molar-refractivity contribution in [2.45, 2.75) is 19.8 Å². The van der Waals surface area contributed by atoms with Crippen LogP contribution >= 0.6 is 22.6 Å². The lowest BCUT2D eigenvalue weighted by Gasteiger charge is -2.04. The van der Waals surface area contributed by atoms with Gasteiger partial charge in [-0.2, -0.15) is 0 Å². The molecule has 0 saturated heterocycles. The van der Waals surface area contributed by atoms with Crippen LogP contribution in [-0.2, 0) is 0 Å². The maximum absolute atomic E-state index is 11.6. The van der Waals surface area contributed by atoms with Gasteiger partial charge in [-0.25, -0.2) is 0 Å². The number of nitrogens with zero attached hydrogens (tertiary/aromatic N) is 1. The first kappa shape index (κ1) is 12.4. The van der Waals surface area contributed by atoms with Gasteiger partial charge in [0.1, 0.15) is 0 Å². The van der Waals surface area contributed by atoms with E-state index in [9.17, 15) is 4.79 Å². The molecule has 1 N–H and O–H groups in total. The van der Waals surface area contributed by atoms with Crippen LogP contribution in [0.15, 0.2) is 18.3 Å². The Bertz CT molecular complexity index is 328. The van der Waals surface area contributed by atoms with Crippen molar-refractivity contribution in [3.05, 3.63) is 29.6 Å². The second-order valence-corrected chi connectivity index (χ2v) is 4.42. The maximum atomic E-state index is 11.6. The molecular formula is C11H15IN2O. The third-order valence-electron chi connectivity index (χ3n) is 2.00.